The van der Waals surface area contributed by atoms with Crippen molar-refractivity contribution in [3.05, 3.63) is 59.8 Å². The number of ether oxygens (including phenoxy) is 1. The lowest BCUT2D eigenvalue weighted by Gasteiger charge is -2.29. The van der Waals surface area contributed by atoms with Gasteiger partial charge in [0.25, 0.3) is 5.91 Å². The van der Waals surface area contributed by atoms with Gasteiger partial charge in [-0.05, 0) is 50.5 Å². The van der Waals surface area contributed by atoms with E-state index in [2.05, 4.69) is 53.7 Å². The molecule has 2 aromatic carbocycles. The van der Waals surface area contributed by atoms with Gasteiger partial charge in [0.05, 0.1) is 5.69 Å². The molecule has 32 heavy (non-hydrogen) atoms. The molecule has 1 amide bonds. The van der Waals surface area contributed by atoms with Crippen LogP contribution in [0.3, 0.4) is 0 Å². The summed E-state index contributed by atoms with van der Waals surface area (Å²) in [5, 5.41) is 8.03. The number of nitrogens with zero attached hydrogens (tertiary/aromatic N) is 2. The van der Waals surface area contributed by atoms with Crippen molar-refractivity contribution in [2.24, 2.45) is 4.99 Å². The Morgan fingerprint density at radius 3 is 2.84 bits per heavy atom. The van der Waals surface area contributed by atoms with E-state index in [0.717, 1.165) is 43.3 Å². The first kappa shape index (κ1) is 21.7. The molecule has 1 aliphatic heterocycles. The Balaban J connectivity index is 1.31. The molecule has 4 rings (SSSR count). The van der Waals surface area contributed by atoms with Crippen molar-refractivity contribution in [2.45, 2.75) is 26.7 Å². The van der Waals surface area contributed by atoms with Crippen LogP contribution >= 0.6 is 0 Å². The van der Waals surface area contributed by atoms with E-state index in [4.69, 9.17) is 9.73 Å². The largest absolute Gasteiger partial charge is 0.482 e. The van der Waals surface area contributed by atoms with E-state index in [1.165, 1.54) is 22.2 Å². The molecule has 0 aliphatic carbocycles. The molecule has 168 valence electrons. The quantitative estimate of drug-likeness (QED) is 0.289. The maximum atomic E-state index is 12.3. The number of amides is 1. The molecule has 0 unspecified atom stereocenters. The Hall–Kier alpha value is -3.48. The second-order valence-corrected chi connectivity index (χ2v) is 7.87. The van der Waals surface area contributed by atoms with Gasteiger partial charge in [0, 0.05) is 42.8 Å². The first-order valence-electron chi connectivity index (χ1n) is 11.3. The summed E-state index contributed by atoms with van der Waals surface area (Å²) >= 11 is 0. The number of aliphatic imine (C=N–C) groups is 1. The molecule has 1 aliphatic rings. The Bertz CT molecular complexity index is 1100. The number of carbonyl (C=O) groups is 1. The number of aryl methyl sites for hydroxylation is 1. The molecule has 0 saturated carbocycles. The van der Waals surface area contributed by atoms with E-state index in [0.29, 0.717) is 13.1 Å². The minimum Gasteiger partial charge on any atom is -0.482 e. The van der Waals surface area contributed by atoms with Crippen molar-refractivity contribution in [2.75, 3.05) is 37.7 Å². The van der Waals surface area contributed by atoms with Crippen LogP contribution in [0.2, 0.25) is 0 Å². The first-order chi connectivity index (χ1) is 15.7. The Kier molecular flexibility index (Phi) is 6.94. The van der Waals surface area contributed by atoms with E-state index in [9.17, 15) is 4.79 Å². The Morgan fingerprint density at radius 2 is 1.97 bits per heavy atom. The summed E-state index contributed by atoms with van der Waals surface area (Å²) in [7, 11) is 0. The lowest BCUT2D eigenvalue weighted by atomic mass is 10.1. The van der Waals surface area contributed by atoms with Gasteiger partial charge in [-0.3, -0.25) is 9.79 Å². The summed E-state index contributed by atoms with van der Waals surface area (Å²) in [4.78, 5) is 22.3. The highest BCUT2D eigenvalue weighted by atomic mass is 16.5. The molecular formula is C25H31N5O2. The van der Waals surface area contributed by atoms with Crippen LogP contribution in [0.1, 0.15) is 24.6 Å². The molecule has 0 spiro atoms. The second-order valence-electron chi connectivity index (χ2n) is 7.87. The number of aromatic amines is 1. The van der Waals surface area contributed by atoms with E-state index < -0.39 is 0 Å². The van der Waals surface area contributed by atoms with Crippen LogP contribution < -0.4 is 20.3 Å². The highest BCUT2D eigenvalue weighted by Crippen LogP contribution is 2.31. The number of guanidine groups is 1. The topological polar surface area (TPSA) is 81.8 Å². The lowest BCUT2D eigenvalue weighted by Crippen LogP contribution is -2.40. The van der Waals surface area contributed by atoms with Crippen LogP contribution in [0.25, 0.3) is 10.9 Å². The molecule has 0 fully saturated rings. The van der Waals surface area contributed by atoms with Gasteiger partial charge in [-0.15, -0.1) is 0 Å². The molecule has 3 aromatic rings. The molecule has 7 heteroatoms. The molecule has 7 nitrogen and oxygen atoms in total. The maximum absolute atomic E-state index is 12.3. The van der Waals surface area contributed by atoms with Crippen LogP contribution in [-0.4, -0.2) is 49.6 Å². The zero-order valence-electron chi connectivity index (χ0n) is 18.8. The standard InChI is InChI=1S/C25H31N5O2/c1-3-26-25(28-15-13-19-18(2)29-21-10-5-4-9-20(19)21)27-14-8-16-30-22-11-6-7-12-23(22)32-17-24(30)31/h4-7,9-12,29H,3,8,13-17H2,1-2H3,(H2,26,27,28). The van der Waals surface area contributed by atoms with Gasteiger partial charge in [0.1, 0.15) is 5.75 Å². The predicted octanol–water partition coefficient (Wildman–Crippen LogP) is 3.39. The first-order valence-corrected chi connectivity index (χ1v) is 11.3. The zero-order chi connectivity index (χ0) is 22.3. The van der Waals surface area contributed by atoms with Crippen molar-refractivity contribution in [3.8, 4) is 5.75 Å². The fourth-order valence-corrected chi connectivity index (χ4v) is 4.12. The summed E-state index contributed by atoms with van der Waals surface area (Å²) in [6, 6.07) is 16.1. The van der Waals surface area contributed by atoms with E-state index in [1.54, 1.807) is 4.90 Å². The van der Waals surface area contributed by atoms with Crippen LogP contribution in [0.15, 0.2) is 53.5 Å². The zero-order valence-corrected chi connectivity index (χ0v) is 18.8. The normalized spacial score (nSPS) is 13.8. The number of rotatable bonds is 8. The number of fused-ring (bicyclic) bond motifs is 2. The summed E-state index contributed by atoms with van der Waals surface area (Å²) in [5.74, 6) is 1.56. The third-order valence-corrected chi connectivity index (χ3v) is 5.66. The van der Waals surface area contributed by atoms with Gasteiger partial charge >= 0.3 is 0 Å². The fourth-order valence-electron chi connectivity index (χ4n) is 4.12. The predicted molar refractivity (Wildman–Crippen MR) is 130 cm³/mol. The van der Waals surface area contributed by atoms with Gasteiger partial charge in [0.15, 0.2) is 12.6 Å². The van der Waals surface area contributed by atoms with Crippen molar-refractivity contribution in [1.29, 1.82) is 0 Å². The molecule has 0 bridgehead atoms. The van der Waals surface area contributed by atoms with E-state index in [1.807, 2.05) is 24.3 Å². The van der Waals surface area contributed by atoms with E-state index in [-0.39, 0.29) is 12.5 Å². The molecule has 2 heterocycles. The molecule has 3 N–H and O–H groups in total. The molecular weight excluding hydrogens is 402 g/mol. The number of nitrogens with one attached hydrogen (secondary N) is 3. The average Bonchev–Trinajstić information content (AvgIpc) is 3.13. The SMILES string of the molecule is CCNC(=NCCCN1C(=O)COc2ccccc21)NCCc1c(C)[nH]c2ccccc12. The van der Waals surface area contributed by atoms with E-state index >= 15 is 0 Å². The number of H-pyrrole nitrogens is 1. The van der Waals surface area contributed by atoms with Crippen LogP contribution in [0.4, 0.5) is 5.69 Å². The maximum Gasteiger partial charge on any atom is 0.265 e. The van der Waals surface area contributed by atoms with Gasteiger partial charge in [-0.25, -0.2) is 0 Å². The molecule has 1 aromatic heterocycles. The van der Waals surface area contributed by atoms with Crippen LogP contribution in [0.5, 0.6) is 5.75 Å². The molecule has 0 radical (unpaired) electrons. The molecule has 0 atom stereocenters. The number of para-hydroxylation sites is 3. The molecule has 0 saturated heterocycles. The van der Waals surface area contributed by atoms with Gasteiger partial charge in [-0.2, -0.15) is 0 Å². The second kappa shape index (κ2) is 10.2. The number of hydrogen-bond acceptors (Lipinski definition) is 3. The summed E-state index contributed by atoms with van der Waals surface area (Å²) in [5.41, 5.74) is 4.57. The number of carbonyl (C=O) groups excluding carboxylic acids is 1. The van der Waals surface area contributed by atoms with Gasteiger partial charge in [0.2, 0.25) is 0 Å². The smallest absolute Gasteiger partial charge is 0.265 e. The number of benzene rings is 2. The third-order valence-electron chi connectivity index (χ3n) is 5.66. The third kappa shape index (κ3) is 4.88. The van der Waals surface area contributed by atoms with Crippen molar-refractivity contribution in [3.63, 3.8) is 0 Å². The fraction of sp³-hybridized carbons (Fsp3) is 0.360. The summed E-state index contributed by atoms with van der Waals surface area (Å²) < 4.78 is 5.51. The highest BCUT2D eigenvalue weighted by molar-refractivity contribution is 5.97. The number of anilines is 1. The monoisotopic (exact) mass is 433 g/mol. The lowest BCUT2D eigenvalue weighted by molar-refractivity contribution is -0.121. The van der Waals surface area contributed by atoms with Gasteiger partial charge < -0.3 is 25.3 Å². The number of hydrogen-bond donors (Lipinski definition) is 3. The van der Waals surface area contributed by atoms with Gasteiger partial charge in [-0.1, -0.05) is 30.3 Å². The Labute approximate surface area is 188 Å². The minimum atomic E-state index is -0.00758. The van der Waals surface area contributed by atoms with Crippen LogP contribution in [-0.2, 0) is 11.2 Å². The highest BCUT2D eigenvalue weighted by Gasteiger charge is 2.24. The average molecular weight is 434 g/mol. The Morgan fingerprint density at radius 1 is 1.16 bits per heavy atom. The van der Waals surface area contributed by atoms with Crippen LogP contribution in [0, 0.1) is 6.92 Å². The minimum absolute atomic E-state index is 0.00758. The van der Waals surface area contributed by atoms with Crippen molar-refractivity contribution in [1.82, 2.24) is 15.6 Å². The summed E-state index contributed by atoms with van der Waals surface area (Å²) in [6.45, 7) is 7.13. The van der Waals surface area contributed by atoms with Crippen molar-refractivity contribution >= 4 is 28.5 Å². The summed E-state index contributed by atoms with van der Waals surface area (Å²) in [6.07, 6.45) is 1.69. The van der Waals surface area contributed by atoms with Crippen molar-refractivity contribution < 1.29 is 9.53 Å². The number of aromatic nitrogens is 1.